The lowest BCUT2D eigenvalue weighted by Crippen LogP contribution is -2.39. The zero-order valence-corrected chi connectivity index (χ0v) is 18.1. The van der Waals surface area contributed by atoms with Crippen molar-refractivity contribution in [2.75, 3.05) is 45.8 Å². The highest BCUT2D eigenvalue weighted by molar-refractivity contribution is 7.22. The van der Waals surface area contributed by atoms with Crippen LogP contribution in [0, 0.1) is 5.82 Å². The molecular formula is C20H23ClFN3O3S. The number of benzene rings is 2. The first-order valence-electron chi connectivity index (χ1n) is 8.75. The predicted molar refractivity (Wildman–Crippen MR) is 116 cm³/mol. The third-order valence-electron chi connectivity index (χ3n) is 4.08. The van der Waals surface area contributed by atoms with Crippen LogP contribution in [0.15, 0.2) is 42.5 Å². The Morgan fingerprint density at radius 2 is 1.79 bits per heavy atom. The number of thiazole rings is 1. The van der Waals surface area contributed by atoms with Crippen LogP contribution in [0.1, 0.15) is 0 Å². The molecule has 3 aromatic rings. The van der Waals surface area contributed by atoms with Crippen molar-refractivity contribution < 1.29 is 18.7 Å². The van der Waals surface area contributed by atoms with Gasteiger partial charge in [0.1, 0.15) is 22.8 Å². The van der Waals surface area contributed by atoms with Crippen LogP contribution in [0.3, 0.4) is 0 Å². The summed E-state index contributed by atoms with van der Waals surface area (Å²) in [6.45, 7) is 0.935. The summed E-state index contributed by atoms with van der Waals surface area (Å²) in [5.74, 6) is 0.645. The van der Waals surface area contributed by atoms with Gasteiger partial charge in [-0.2, -0.15) is 0 Å². The Hall–Kier alpha value is -2.42. The Bertz CT molecular complexity index is 950. The predicted octanol–water partition coefficient (Wildman–Crippen LogP) is 3.84. The van der Waals surface area contributed by atoms with Gasteiger partial charge in [-0.05, 0) is 50.5 Å². The molecule has 0 bridgehead atoms. The molecular weight excluding hydrogens is 417 g/mol. The quantitative estimate of drug-likeness (QED) is 0.533. The molecule has 156 valence electrons. The van der Waals surface area contributed by atoms with Gasteiger partial charge >= 0.3 is 0 Å². The smallest absolute Gasteiger partial charge is 0.266 e. The van der Waals surface area contributed by atoms with Gasteiger partial charge in [0.05, 0.1) is 11.8 Å². The number of carbonyl (C=O) groups is 1. The van der Waals surface area contributed by atoms with E-state index in [0.717, 1.165) is 0 Å². The van der Waals surface area contributed by atoms with E-state index in [-0.39, 0.29) is 30.4 Å². The average molecular weight is 440 g/mol. The van der Waals surface area contributed by atoms with Crippen LogP contribution < -0.4 is 14.4 Å². The highest BCUT2D eigenvalue weighted by Gasteiger charge is 2.21. The van der Waals surface area contributed by atoms with Crippen molar-refractivity contribution in [3.63, 3.8) is 0 Å². The number of rotatable bonds is 8. The van der Waals surface area contributed by atoms with Gasteiger partial charge in [-0.25, -0.2) is 9.37 Å². The van der Waals surface area contributed by atoms with Crippen LogP contribution in [0.25, 0.3) is 10.2 Å². The van der Waals surface area contributed by atoms with Gasteiger partial charge in [-0.3, -0.25) is 9.69 Å². The van der Waals surface area contributed by atoms with Crippen molar-refractivity contribution in [3.8, 4) is 11.5 Å². The molecule has 3 rings (SSSR count). The summed E-state index contributed by atoms with van der Waals surface area (Å²) in [4.78, 5) is 20.7. The number of para-hydroxylation sites is 1. The molecule has 0 aliphatic carbocycles. The Morgan fingerprint density at radius 1 is 1.10 bits per heavy atom. The molecule has 0 fully saturated rings. The summed E-state index contributed by atoms with van der Waals surface area (Å²) in [6.07, 6.45) is 0. The van der Waals surface area contributed by atoms with E-state index >= 15 is 0 Å². The van der Waals surface area contributed by atoms with Gasteiger partial charge in [0.25, 0.3) is 5.91 Å². The van der Waals surface area contributed by atoms with E-state index < -0.39 is 5.82 Å². The summed E-state index contributed by atoms with van der Waals surface area (Å²) in [7, 11) is 5.44. The largest absolute Gasteiger partial charge is 0.497 e. The second-order valence-electron chi connectivity index (χ2n) is 6.40. The first-order valence-corrected chi connectivity index (χ1v) is 9.56. The molecule has 1 aromatic heterocycles. The molecule has 0 radical (unpaired) electrons. The normalized spacial score (nSPS) is 10.7. The van der Waals surface area contributed by atoms with Gasteiger partial charge in [-0.15, -0.1) is 12.4 Å². The van der Waals surface area contributed by atoms with Crippen LogP contribution in [0.5, 0.6) is 11.5 Å². The third-order valence-corrected chi connectivity index (χ3v) is 5.13. The van der Waals surface area contributed by atoms with Crippen molar-refractivity contribution in [2.45, 2.75) is 0 Å². The fourth-order valence-electron chi connectivity index (χ4n) is 2.54. The number of anilines is 1. The van der Waals surface area contributed by atoms with Gasteiger partial charge in [0, 0.05) is 13.1 Å². The first-order chi connectivity index (χ1) is 13.5. The van der Waals surface area contributed by atoms with E-state index in [1.54, 1.807) is 48.4 Å². The van der Waals surface area contributed by atoms with E-state index in [2.05, 4.69) is 4.98 Å². The standard InChI is InChI=1S/C20H22FN3O3S.ClH/c1-23(2)11-12-24(20-22-19-16(21)5-4-6-17(19)28-20)18(25)13-27-15-9-7-14(26-3)8-10-15;/h4-10H,11-13H2,1-3H3;1H. The molecule has 9 heteroatoms. The van der Waals surface area contributed by atoms with Crippen molar-refractivity contribution in [1.82, 2.24) is 9.88 Å². The van der Waals surface area contributed by atoms with E-state index in [1.165, 1.54) is 17.4 Å². The second-order valence-corrected chi connectivity index (χ2v) is 7.40. The highest BCUT2D eigenvalue weighted by atomic mass is 35.5. The third kappa shape index (κ3) is 5.79. The number of halogens is 2. The number of amides is 1. The fraction of sp³-hybridized carbons (Fsp3) is 0.300. The molecule has 0 N–H and O–H groups in total. The van der Waals surface area contributed by atoms with Gasteiger partial charge in [0.15, 0.2) is 11.7 Å². The fourth-order valence-corrected chi connectivity index (χ4v) is 3.56. The molecule has 1 amide bonds. The molecule has 1 heterocycles. The van der Waals surface area contributed by atoms with E-state index in [0.29, 0.717) is 34.4 Å². The van der Waals surface area contributed by atoms with Crippen molar-refractivity contribution in [2.24, 2.45) is 0 Å². The number of hydrogen-bond acceptors (Lipinski definition) is 6. The molecule has 29 heavy (non-hydrogen) atoms. The Morgan fingerprint density at radius 3 is 2.41 bits per heavy atom. The van der Waals surface area contributed by atoms with Crippen LogP contribution in [0.4, 0.5) is 9.52 Å². The minimum atomic E-state index is -0.394. The molecule has 0 atom stereocenters. The van der Waals surface area contributed by atoms with Crippen molar-refractivity contribution in [3.05, 3.63) is 48.3 Å². The molecule has 2 aromatic carbocycles. The number of ether oxygens (including phenoxy) is 2. The number of fused-ring (bicyclic) bond motifs is 1. The first kappa shape index (κ1) is 22.9. The Labute approximate surface area is 179 Å². The SMILES string of the molecule is COc1ccc(OCC(=O)N(CCN(C)C)c2nc3c(F)cccc3s2)cc1.Cl. The lowest BCUT2D eigenvalue weighted by atomic mass is 10.3. The molecule has 0 spiro atoms. The van der Waals surface area contributed by atoms with Crippen molar-refractivity contribution >= 4 is 45.0 Å². The monoisotopic (exact) mass is 439 g/mol. The maximum atomic E-state index is 14.0. The average Bonchev–Trinajstić information content (AvgIpc) is 3.12. The summed E-state index contributed by atoms with van der Waals surface area (Å²) < 4.78 is 25.4. The van der Waals surface area contributed by atoms with Crippen LogP contribution in [-0.2, 0) is 4.79 Å². The number of nitrogens with zero attached hydrogens (tertiary/aromatic N) is 3. The van der Waals surface area contributed by atoms with Crippen LogP contribution in [0.2, 0.25) is 0 Å². The van der Waals surface area contributed by atoms with E-state index in [9.17, 15) is 9.18 Å². The second kappa shape index (κ2) is 10.4. The number of hydrogen-bond donors (Lipinski definition) is 0. The molecule has 0 unspecified atom stereocenters. The lowest BCUT2D eigenvalue weighted by Gasteiger charge is -2.22. The summed E-state index contributed by atoms with van der Waals surface area (Å²) in [5, 5.41) is 0.463. The minimum Gasteiger partial charge on any atom is -0.497 e. The molecule has 0 aliphatic heterocycles. The van der Waals surface area contributed by atoms with E-state index in [1.807, 2.05) is 19.0 Å². The number of likely N-dealkylation sites (N-methyl/N-ethyl adjacent to an activating group) is 1. The van der Waals surface area contributed by atoms with Gasteiger partial charge in [-0.1, -0.05) is 17.4 Å². The van der Waals surface area contributed by atoms with E-state index in [4.69, 9.17) is 9.47 Å². The lowest BCUT2D eigenvalue weighted by molar-refractivity contribution is -0.120. The number of carbonyl (C=O) groups excluding carboxylic acids is 1. The summed E-state index contributed by atoms with van der Waals surface area (Å²) >= 11 is 1.29. The topological polar surface area (TPSA) is 54.9 Å². The van der Waals surface area contributed by atoms with Crippen LogP contribution in [-0.4, -0.2) is 56.7 Å². The highest BCUT2D eigenvalue weighted by Crippen LogP contribution is 2.30. The molecule has 6 nitrogen and oxygen atoms in total. The molecule has 0 saturated carbocycles. The number of methoxy groups -OCH3 is 1. The van der Waals surface area contributed by atoms with Gasteiger partial charge in [0.2, 0.25) is 0 Å². The zero-order chi connectivity index (χ0) is 20.1. The summed E-state index contributed by atoms with van der Waals surface area (Å²) in [6, 6.07) is 11.8. The maximum absolute atomic E-state index is 14.0. The molecule has 0 saturated heterocycles. The van der Waals surface area contributed by atoms with Crippen LogP contribution >= 0.6 is 23.7 Å². The van der Waals surface area contributed by atoms with Gasteiger partial charge < -0.3 is 14.4 Å². The Kier molecular flexibility index (Phi) is 8.19. The van der Waals surface area contributed by atoms with Crippen molar-refractivity contribution in [1.29, 1.82) is 0 Å². The minimum absolute atomic E-state index is 0. The molecule has 0 aliphatic rings. The Balaban J connectivity index is 0.00000300. The summed E-state index contributed by atoms with van der Waals surface area (Å²) in [5.41, 5.74) is 0.279. The number of aromatic nitrogens is 1. The zero-order valence-electron chi connectivity index (χ0n) is 16.4. The maximum Gasteiger partial charge on any atom is 0.266 e.